The van der Waals surface area contributed by atoms with Gasteiger partial charge in [0.1, 0.15) is 5.82 Å². The number of para-hydroxylation sites is 1. The van der Waals surface area contributed by atoms with Gasteiger partial charge >= 0.3 is 0 Å². The van der Waals surface area contributed by atoms with E-state index < -0.39 is 5.82 Å². The number of carbonyl (C=O) groups excluding carboxylic acids is 1. The Kier molecular flexibility index (Phi) is 2.54. The van der Waals surface area contributed by atoms with E-state index in [0.717, 1.165) is 5.92 Å². The van der Waals surface area contributed by atoms with Gasteiger partial charge in [0.2, 0.25) is 0 Å². The number of halogens is 1. The van der Waals surface area contributed by atoms with Crippen LogP contribution >= 0.6 is 0 Å². The van der Waals surface area contributed by atoms with E-state index in [1.807, 2.05) is 0 Å². The Morgan fingerprint density at radius 2 is 2.17 bits per heavy atom. The molecule has 1 aromatic rings. The summed E-state index contributed by atoms with van der Waals surface area (Å²) < 4.78 is 13.3. The molecule has 1 aromatic carbocycles. The average molecular weight is 248 g/mol. The van der Waals surface area contributed by atoms with Crippen LogP contribution in [-0.2, 0) is 0 Å². The van der Waals surface area contributed by atoms with Crippen LogP contribution in [0.15, 0.2) is 18.2 Å². The lowest BCUT2D eigenvalue weighted by Crippen LogP contribution is -2.31. The van der Waals surface area contributed by atoms with E-state index in [1.54, 1.807) is 6.07 Å². The highest BCUT2D eigenvalue weighted by Gasteiger charge is 2.53. The largest absolute Gasteiger partial charge is 0.396 e. The van der Waals surface area contributed by atoms with Gasteiger partial charge in [-0.3, -0.25) is 4.79 Å². The number of nitrogens with one attached hydrogen (secondary N) is 1. The number of hydrogen-bond acceptors (Lipinski definition) is 2. The molecule has 0 bridgehead atoms. The molecule has 4 heteroatoms. The molecule has 18 heavy (non-hydrogen) atoms. The maximum atomic E-state index is 13.3. The maximum absolute atomic E-state index is 13.3. The van der Waals surface area contributed by atoms with E-state index in [0.29, 0.717) is 12.0 Å². The number of amides is 1. The smallest absolute Gasteiger partial charge is 0.253 e. The molecule has 0 aromatic heterocycles. The highest BCUT2D eigenvalue weighted by molar-refractivity contribution is 5.99. The van der Waals surface area contributed by atoms with Gasteiger partial charge in [0.15, 0.2) is 0 Å². The van der Waals surface area contributed by atoms with Gasteiger partial charge in [-0.1, -0.05) is 6.07 Å². The van der Waals surface area contributed by atoms with Crippen molar-refractivity contribution in [1.29, 1.82) is 0 Å². The minimum atomic E-state index is -0.536. The molecule has 0 heterocycles. The summed E-state index contributed by atoms with van der Waals surface area (Å²) in [7, 11) is 0. The second kappa shape index (κ2) is 3.97. The van der Waals surface area contributed by atoms with Crippen molar-refractivity contribution >= 4 is 11.6 Å². The Bertz CT molecular complexity index is 493. The molecule has 0 unspecified atom stereocenters. The third-order valence-corrected chi connectivity index (χ3v) is 4.23. The Morgan fingerprint density at radius 3 is 2.78 bits per heavy atom. The third kappa shape index (κ3) is 1.96. The highest BCUT2D eigenvalue weighted by Crippen LogP contribution is 2.60. The molecule has 3 rings (SSSR count). The summed E-state index contributed by atoms with van der Waals surface area (Å²) in [6, 6.07) is 4.33. The first-order chi connectivity index (χ1) is 8.62. The fourth-order valence-electron chi connectivity index (χ4n) is 2.67. The molecule has 0 aliphatic heterocycles. The van der Waals surface area contributed by atoms with Crippen molar-refractivity contribution in [1.82, 2.24) is 5.32 Å². The number of anilines is 1. The minimum Gasteiger partial charge on any atom is -0.396 e. The molecule has 2 aliphatic carbocycles. The van der Waals surface area contributed by atoms with Crippen molar-refractivity contribution in [3.05, 3.63) is 29.6 Å². The molecule has 2 fully saturated rings. The summed E-state index contributed by atoms with van der Waals surface area (Å²) in [5.41, 5.74) is 6.09. The van der Waals surface area contributed by atoms with Crippen LogP contribution in [0.2, 0.25) is 0 Å². The highest BCUT2D eigenvalue weighted by atomic mass is 19.1. The van der Waals surface area contributed by atoms with Crippen LogP contribution in [0.3, 0.4) is 0 Å². The van der Waals surface area contributed by atoms with E-state index in [2.05, 4.69) is 5.32 Å². The van der Waals surface area contributed by atoms with Gasteiger partial charge in [0, 0.05) is 6.54 Å². The van der Waals surface area contributed by atoms with E-state index in [-0.39, 0.29) is 17.2 Å². The first-order valence-electron chi connectivity index (χ1n) is 6.45. The van der Waals surface area contributed by atoms with E-state index in [4.69, 9.17) is 5.73 Å². The molecule has 0 atom stereocenters. The molecule has 0 spiro atoms. The monoisotopic (exact) mass is 248 g/mol. The SMILES string of the molecule is Nc1c(F)cccc1C(=O)NCC1(C2CC2)CC1. The quantitative estimate of drug-likeness (QED) is 0.803. The van der Waals surface area contributed by atoms with Crippen molar-refractivity contribution < 1.29 is 9.18 Å². The number of rotatable bonds is 4. The van der Waals surface area contributed by atoms with Crippen LogP contribution in [0, 0.1) is 17.2 Å². The fourth-order valence-corrected chi connectivity index (χ4v) is 2.67. The van der Waals surface area contributed by atoms with Gasteiger partial charge < -0.3 is 11.1 Å². The van der Waals surface area contributed by atoms with Gasteiger partial charge in [-0.2, -0.15) is 0 Å². The second-order valence-corrected chi connectivity index (χ2v) is 5.52. The zero-order chi connectivity index (χ0) is 12.8. The first kappa shape index (κ1) is 11.5. The molecule has 2 saturated carbocycles. The topological polar surface area (TPSA) is 55.1 Å². The molecule has 1 amide bonds. The lowest BCUT2D eigenvalue weighted by molar-refractivity contribution is 0.0943. The number of nitrogens with two attached hydrogens (primary N) is 1. The Hall–Kier alpha value is -1.58. The summed E-state index contributed by atoms with van der Waals surface area (Å²) in [6.45, 7) is 0.701. The van der Waals surface area contributed by atoms with Gasteiger partial charge in [0.05, 0.1) is 11.3 Å². The van der Waals surface area contributed by atoms with Crippen LogP contribution in [0.25, 0.3) is 0 Å². The van der Waals surface area contributed by atoms with Crippen LogP contribution in [0.4, 0.5) is 10.1 Å². The standard InChI is InChI=1S/C14H17FN2O/c15-11-3-1-2-10(12(11)16)13(18)17-8-14(6-7-14)9-4-5-9/h1-3,9H,4-8,16H2,(H,17,18). The fraction of sp³-hybridized carbons (Fsp3) is 0.500. The lowest BCUT2D eigenvalue weighted by atomic mass is 10.0. The third-order valence-electron chi connectivity index (χ3n) is 4.23. The van der Waals surface area contributed by atoms with Crippen LogP contribution < -0.4 is 11.1 Å². The van der Waals surface area contributed by atoms with Gasteiger partial charge in [-0.15, -0.1) is 0 Å². The summed E-state index contributed by atoms with van der Waals surface area (Å²) in [5.74, 6) is -0.00689. The summed E-state index contributed by atoms with van der Waals surface area (Å²) in [6.07, 6.45) is 4.99. The summed E-state index contributed by atoms with van der Waals surface area (Å²) in [5, 5.41) is 2.91. The zero-order valence-corrected chi connectivity index (χ0v) is 10.2. The first-order valence-corrected chi connectivity index (χ1v) is 6.45. The summed E-state index contributed by atoms with van der Waals surface area (Å²) >= 11 is 0. The van der Waals surface area contributed by atoms with Crippen molar-refractivity contribution in [3.8, 4) is 0 Å². The number of carbonyl (C=O) groups is 1. The second-order valence-electron chi connectivity index (χ2n) is 5.52. The molecular weight excluding hydrogens is 231 g/mol. The minimum absolute atomic E-state index is 0.0636. The molecular formula is C14H17FN2O. The van der Waals surface area contributed by atoms with Crippen LogP contribution in [-0.4, -0.2) is 12.5 Å². The van der Waals surface area contributed by atoms with Gasteiger partial charge in [-0.25, -0.2) is 4.39 Å². The van der Waals surface area contributed by atoms with Crippen molar-refractivity contribution in [2.75, 3.05) is 12.3 Å². The molecule has 0 radical (unpaired) electrons. The Labute approximate surface area is 106 Å². The van der Waals surface area contributed by atoms with Crippen LogP contribution in [0.5, 0.6) is 0 Å². The van der Waals surface area contributed by atoms with Gasteiger partial charge in [0.25, 0.3) is 5.91 Å². The van der Waals surface area contributed by atoms with Crippen LogP contribution in [0.1, 0.15) is 36.0 Å². The maximum Gasteiger partial charge on any atom is 0.253 e. The van der Waals surface area contributed by atoms with Gasteiger partial charge in [-0.05, 0) is 49.1 Å². The predicted molar refractivity (Wildman–Crippen MR) is 67.5 cm³/mol. The molecule has 3 nitrogen and oxygen atoms in total. The predicted octanol–water partition coefficient (Wildman–Crippen LogP) is 2.33. The van der Waals surface area contributed by atoms with E-state index >= 15 is 0 Å². The van der Waals surface area contributed by atoms with E-state index in [1.165, 1.54) is 37.8 Å². The normalized spacial score (nSPS) is 20.5. The zero-order valence-electron chi connectivity index (χ0n) is 10.2. The molecule has 3 N–H and O–H groups in total. The lowest BCUT2D eigenvalue weighted by Gasteiger charge is -2.15. The molecule has 2 aliphatic rings. The average Bonchev–Trinajstić information content (AvgIpc) is 3.22. The van der Waals surface area contributed by atoms with Crippen molar-refractivity contribution in [2.45, 2.75) is 25.7 Å². The Balaban J connectivity index is 1.66. The molecule has 96 valence electrons. The van der Waals surface area contributed by atoms with Crippen molar-refractivity contribution in [2.24, 2.45) is 11.3 Å². The van der Waals surface area contributed by atoms with E-state index in [9.17, 15) is 9.18 Å². The van der Waals surface area contributed by atoms with Crippen molar-refractivity contribution in [3.63, 3.8) is 0 Å². The Morgan fingerprint density at radius 1 is 1.44 bits per heavy atom. The number of benzene rings is 1. The number of hydrogen-bond donors (Lipinski definition) is 2. The summed E-state index contributed by atoms with van der Waals surface area (Å²) in [4.78, 5) is 12.0. The molecule has 0 saturated heterocycles. The number of nitrogen functional groups attached to an aromatic ring is 1.